The third kappa shape index (κ3) is 3.89. The minimum absolute atomic E-state index is 0.0284. The maximum Gasteiger partial charge on any atom is 0.290 e. The van der Waals surface area contributed by atoms with Crippen LogP contribution in [0.25, 0.3) is 0 Å². The van der Waals surface area contributed by atoms with E-state index in [2.05, 4.69) is 21.2 Å². The molecule has 0 aliphatic rings. The van der Waals surface area contributed by atoms with E-state index in [1.807, 2.05) is 61.1 Å². The van der Waals surface area contributed by atoms with Gasteiger partial charge in [-0.2, -0.15) is 4.57 Å². The Kier molecular flexibility index (Phi) is 4.32. The van der Waals surface area contributed by atoms with E-state index in [9.17, 15) is 4.79 Å². The Morgan fingerprint density at radius 2 is 1.89 bits per heavy atom. The third-order valence-corrected chi connectivity index (χ3v) is 3.34. The van der Waals surface area contributed by atoms with Crippen molar-refractivity contribution in [2.45, 2.75) is 20.4 Å². The minimum Gasteiger partial charge on any atom is -0.320 e. The van der Waals surface area contributed by atoms with Crippen LogP contribution in [0.4, 0.5) is 5.69 Å². The Labute approximate surface area is 121 Å². The number of aryl methyl sites for hydroxylation is 2. The molecule has 0 radical (unpaired) electrons. The number of hydrogen-bond donors (Lipinski definition) is 1. The topological polar surface area (TPSA) is 33.0 Å². The van der Waals surface area contributed by atoms with Gasteiger partial charge in [0.15, 0.2) is 12.4 Å². The molecule has 0 unspecified atom stereocenters. The molecule has 0 saturated heterocycles. The molecular weight excluding hydrogens is 304 g/mol. The fourth-order valence-corrected chi connectivity index (χ4v) is 2.24. The zero-order chi connectivity index (χ0) is 13.8. The first-order valence-electron chi connectivity index (χ1n) is 6.06. The Morgan fingerprint density at radius 3 is 2.53 bits per heavy atom. The number of anilines is 1. The Balaban J connectivity index is 2.03. The van der Waals surface area contributed by atoms with Gasteiger partial charge in [0.05, 0.1) is 0 Å². The number of aromatic nitrogens is 1. The third-order valence-electron chi connectivity index (χ3n) is 2.85. The van der Waals surface area contributed by atoms with Crippen molar-refractivity contribution in [1.82, 2.24) is 0 Å². The van der Waals surface area contributed by atoms with Crippen molar-refractivity contribution < 1.29 is 9.36 Å². The summed E-state index contributed by atoms with van der Waals surface area (Å²) in [5, 5.41) is 2.92. The van der Waals surface area contributed by atoms with Gasteiger partial charge in [-0.15, -0.1) is 0 Å². The highest BCUT2D eigenvalue weighted by Crippen LogP contribution is 2.19. The maximum absolute atomic E-state index is 12.0. The van der Waals surface area contributed by atoms with E-state index >= 15 is 0 Å². The maximum atomic E-state index is 12.0. The molecule has 2 aromatic rings. The lowest BCUT2D eigenvalue weighted by Crippen LogP contribution is -2.39. The molecule has 1 amide bonds. The number of pyridine rings is 1. The summed E-state index contributed by atoms with van der Waals surface area (Å²) in [5.41, 5.74) is 3.07. The molecule has 3 nitrogen and oxygen atoms in total. The van der Waals surface area contributed by atoms with Gasteiger partial charge >= 0.3 is 0 Å². The molecule has 0 aliphatic heterocycles. The highest BCUT2D eigenvalue weighted by Gasteiger charge is 2.10. The van der Waals surface area contributed by atoms with Crippen molar-refractivity contribution in [1.29, 1.82) is 0 Å². The fraction of sp³-hybridized carbons (Fsp3) is 0.200. The molecule has 0 bridgehead atoms. The fourth-order valence-electron chi connectivity index (χ4n) is 1.76. The normalized spacial score (nSPS) is 10.3. The van der Waals surface area contributed by atoms with Crippen LogP contribution in [0.15, 0.2) is 47.2 Å². The number of nitrogens with one attached hydrogen (secondary N) is 1. The molecule has 1 aromatic carbocycles. The first-order valence-corrected chi connectivity index (χ1v) is 6.85. The predicted octanol–water partition coefficient (Wildman–Crippen LogP) is 2.99. The van der Waals surface area contributed by atoms with E-state index in [4.69, 9.17) is 0 Å². The Bertz CT molecular complexity index is 594. The van der Waals surface area contributed by atoms with Gasteiger partial charge in [-0.1, -0.05) is 15.9 Å². The zero-order valence-electron chi connectivity index (χ0n) is 11.0. The van der Waals surface area contributed by atoms with Gasteiger partial charge in [0.25, 0.3) is 5.91 Å². The van der Waals surface area contributed by atoms with E-state index in [-0.39, 0.29) is 5.91 Å². The highest BCUT2D eigenvalue weighted by atomic mass is 79.9. The molecule has 0 atom stereocenters. The number of nitrogens with zero attached hydrogens (tertiary/aromatic N) is 1. The van der Waals surface area contributed by atoms with Crippen molar-refractivity contribution in [2.24, 2.45) is 0 Å². The molecule has 2 rings (SSSR count). The second kappa shape index (κ2) is 5.97. The molecule has 1 heterocycles. The lowest BCUT2D eigenvalue weighted by molar-refractivity contribution is -0.684. The van der Waals surface area contributed by atoms with Crippen LogP contribution in [-0.4, -0.2) is 5.91 Å². The second-order valence-electron chi connectivity index (χ2n) is 4.56. The van der Waals surface area contributed by atoms with Crippen molar-refractivity contribution in [3.8, 4) is 0 Å². The number of halogens is 1. The van der Waals surface area contributed by atoms with Crippen LogP contribution in [0.1, 0.15) is 11.1 Å². The van der Waals surface area contributed by atoms with Crippen LogP contribution in [0.3, 0.4) is 0 Å². The summed E-state index contributed by atoms with van der Waals surface area (Å²) in [7, 11) is 0. The van der Waals surface area contributed by atoms with Gasteiger partial charge in [-0.3, -0.25) is 4.79 Å². The summed E-state index contributed by atoms with van der Waals surface area (Å²) in [5.74, 6) is -0.0284. The molecule has 0 saturated carbocycles. The van der Waals surface area contributed by atoms with Crippen molar-refractivity contribution >= 4 is 27.5 Å². The summed E-state index contributed by atoms with van der Waals surface area (Å²) in [6.45, 7) is 4.31. The smallest absolute Gasteiger partial charge is 0.290 e. The summed E-state index contributed by atoms with van der Waals surface area (Å²) in [4.78, 5) is 12.0. The first-order chi connectivity index (χ1) is 9.04. The lowest BCUT2D eigenvalue weighted by Gasteiger charge is -2.07. The van der Waals surface area contributed by atoms with E-state index < -0.39 is 0 Å². The van der Waals surface area contributed by atoms with Gasteiger partial charge in [-0.05, 0) is 43.2 Å². The van der Waals surface area contributed by atoms with Crippen LogP contribution in [0.5, 0.6) is 0 Å². The van der Waals surface area contributed by atoms with Gasteiger partial charge in [0.1, 0.15) is 0 Å². The lowest BCUT2D eigenvalue weighted by atomic mass is 10.2. The standard InChI is InChI=1S/C15H15BrN2O/c1-11-5-7-18(8-6-11)10-15(19)17-14-4-3-13(16)9-12(14)2/h3-9H,10H2,1-2H3/p+1. The summed E-state index contributed by atoms with van der Waals surface area (Å²) >= 11 is 3.41. The average Bonchev–Trinajstić information content (AvgIpc) is 2.36. The number of hydrogen-bond acceptors (Lipinski definition) is 1. The SMILES string of the molecule is Cc1cc[n+](CC(=O)Nc2ccc(Br)cc2C)cc1. The molecule has 0 spiro atoms. The summed E-state index contributed by atoms with van der Waals surface area (Å²) < 4.78 is 2.87. The van der Waals surface area contributed by atoms with Gasteiger partial charge < -0.3 is 5.32 Å². The predicted molar refractivity (Wildman–Crippen MR) is 78.9 cm³/mol. The monoisotopic (exact) mass is 319 g/mol. The van der Waals surface area contributed by atoms with Gasteiger partial charge in [0, 0.05) is 22.3 Å². The number of benzene rings is 1. The van der Waals surface area contributed by atoms with Crippen LogP contribution >= 0.6 is 15.9 Å². The summed E-state index contributed by atoms with van der Waals surface area (Å²) in [6, 6.07) is 9.77. The number of carbonyl (C=O) groups is 1. The number of amides is 1. The molecule has 0 aliphatic carbocycles. The van der Waals surface area contributed by atoms with Crippen molar-refractivity contribution in [3.05, 3.63) is 58.3 Å². The van der Waals surface area contributed by atoms with Crippen LogP contribution in [0.2, 0.25) is 0 Å². The van der Waals surface area contributed by atoms with Crippen LogP contribution in [-0.2, 0) is 11.3 Å². The molecular formula is C15H16BrN2O+. The number of rotatable bonds is 3. The Hall–Kier alpha value is -1.68. The highest BCUT2D eigenvalue weighted by molar-refractivity contribution is 9.10. The summed E-state index contributed by atoms with van der Waals surface area (Å²) in [6.07, 6.45) is 3.81. The van der Waals surface area contributed by atoms with Crippen LogP contribution < -0.4 is 9.88 Å². The molecule has 98 valence electrons. The molecule has 1 aromatic heterocycles. The molecule has 0 fully saturated rings. The number of carbonyl (C=O) groups excluding carboxylic acids is 1. The van der Waals surface area contributed by atoms with E-state index in [0.29, 0.717) is 6.54 Å². The largest absolute Gasteiger partial charge is 0.320 e. The van der Waals surface area contributed by atoms with E-state index in [1.165, 1.54) is 5.56 Å². The first kappa shape index (κ1) is 13.7. The van der Waals surface area contributed by atoms with Crippen molar-refractivity contribution in [2.75, 3.05) is 5.32 Å². The molecule has 4 heteroatoms. The minimum atomic E-state index is -0.0284. The zero-order valence-corrected chi connectivity index (χ0v) is 12.6. The second-order valence-corrected chi connectivity index (χ2v) is 5.47. The Morgan fingerprint density at radius 1 is 1.21 bits per heavy atom. The van der Waals surface area contributed by atoms with Crippen LogP contribution in [0, 0.1) is 13.8 Å². The van der Waals surface area contributed by atoms with Gasteiger partial charge in [-0.25, -0.2) is 0 Å². The molecule has 19 heavy (non-hydrogen) atoms. The molecule has 1 N–H and O–H groups in total. The van der Waals surface area contributed by atoms with Gasteiger partial charge in [0.2, 0.25) is 6.54 Å². The van der Waals surface area contributed by atoms with E-state index in [1.54, 1.807) is 0 Å². The van der Waals surface area contributed by atoms with Crippen molar-refractivity contribution in [3.63, 3.8) is 0 Å². The quantitative estimate of drug-likeness (QED) is 0.867. The van der Waals surface area contributed by atoms with E-state index in [0.717, 1.165) is 15.7 Å². The average molecular weight is 320 g/mol.